The zero-order valence-corrected chi connectivity index (χ0v) is 19.1. The van der Waals surface area contributed by atoms with Crippen molar-refractivity contribution < 1.29 is 13.2 Å². The van der Waals surface area contributed by atoms with E-state index in [0.717, 1.165) is 11.3 Å². The summed E-state index contributed by atoms with van der Waals surface area (Å²) in [6, 6.07) is 13.4. The van der Waals surface area contributed by atoms with Gasteiger partial charge in [-0.25, -0.2) is 8.42 Å². The van der Waals surface area contributed by atoms with E-state index in [2.05, 4.69) is 14.9 Å². The van der Waals surface area contributed by atoms with Crippen molar-refractivity contribution in [3.05, 3.63) is 59.2 Å². The molecule has 29 heavy (non-hydrogen) atoms. The maximum absolute atomic E-state index is 13.0. The van der Waals surface area contributed by atoms with Crippen LogP contribution in [0.25, 0.3) is 0 Å². The fraction of sp³-hybridized carbons (Fsp3) is 0.300. The number of hydrogen-bond acceptors (Lipinski definition) is 7. The summed E-state index contributed by atoms with van der Waals surface area (Å²) in [6.07, 6.45) is 0. The smallest absolute Gasteiger partial charge is 0.263 e. The predicted octanol–water partition coefficient (Wildman–Crippen LogP) is 5.07. The van der Waals surface area contributed by atoms with E-state index in [-0.39, 0.29) is 15.9 Å². The average molecular weight is 450 g/mol. The van der Waals surface area contributed by atoms with Crippen molar-refractivity contribution in [1.82, 2.24) is 10.2 Å². The van der Waals surface area contributed by atoms with Gasteiger partial charge in [-0.1, -0.05) is 67.3 Å². The number of aryl methyl sites for hydroxylation is 1. The summed E-state index contributed by atoms with van der Waals surface area (Å²) in [5.74, 6) is 1.56. The van der Waals surface area contributed by atoms with Crippen molar-refractivity contribution in [2.24, 2.45) is 0 Å². The number of aromatic nitrogens is 2. The van der Waals surface area contributed by atoms with Crippen LogP contribution < -0.4 is 9.46 Å². The van der Waals surface area contributed by atoms with Gasteiger partial charge < -0.3 is 4.74 Å². The first kappa shape index (κ1) is 21.6. The number of anilines is 1. The fourth-order valence-corrected chi connectivity index (χ4v) is 5.99. The zero-order chi connectivity index (χ0) is 21.0. The fourth-order valence-electron chi connectivity index (χ4n) is 2.79. The Labute approximate surface area is 179 Å². The third kappa shape index (κ3) is 5.29. The molecule has 3 rings (SSSR count). The molecule has 0 spiro atoms. The number of rotatable bonds is 8. The minimum absolute atomic E-state index is 0.127. The van der Waals surface area contributed by atoms with Gasteiger partial charge in [0, 0.05) is 5.75 Å². The molecular weight excluding hydrogens is 426 g/mol. The summed E-state index contributed by atoms with van der Waals surface area (Å²) in [6.45, 7) is 5.75. The lowest BCUT2D eigenvalue weighted by Crippen LogP contribution is -2.15. The average Bonchev–Trinajstić information content (AvgIpc) is 3.13. The van der Waals surface area contributed by atoms with Gasteiger partial charge in [0.05, 0.1) is 12.0 Å². The highest BCUT2D eigenvalue weighted by Crippen LogP contribution is 2.33. The molecule has 0 bridgehead atoms. The van der Waals surface area contributed by atoms with Gasteiger partial charge in [-0.15, -0.1) is 10.2 Å². The highest BCUT2D eigenvalue weighted by atomic mass is 32.2. The van der Waals surface area contributed by atoms with Gasteiger partial charge in [0.2, 0.25) is 5.13 Å². The molecule has 9 heteroatoms. The summed E-state index contributed by atoms with van der Waals surface area (Å²) in [4.78, 5) is 0.218. The Kier molecular flexibility index (Phi) is 6.81. The molecule has 0 saturated heterocycles. The van der Waals surface area contributed by atoms with Gasteiger partial charge in [-0.2, -0.15) is 0 Å². The Balaban J connectivity index is 1.78. The van der Waals surface area contributed by atoms with Crippen molar-refractivity contribution in [3.8, 4) is 5.75 Å². The van der Waals surface area contributed by atoms with Gasteiger partial charge in [0.1, 0.15) is 5.75 Å². The number of ether oxygens (including phenoxy) is 1. The highest BCUT2D eigenvalue weighted by molar-refractivity contribution is 8.00. The van der Waals surface area contributed by atoms with Crippen LogP contribution in [0.2, 0.25) is 0 Å². The molecule has 1 aromatic heterocycles. The molecule has 0 atom stereocenters. The minimum Gasteiger partial charge on any atom is -0.496 e. The van der Waals surface area contributed by atoms with E-state index >= 15 is 0 Å². The topological polar surface area (TPSA) is 81.2 Å². The Bertz CT molecular complexity index is 1080. The van der Waals surface area contributed by atoms with Gasteiger partial charge >= 0.3 is 0 Å². The van der Waals surface area contributed by atoms with Crippen molar-refractivity contribution in [3.63, 3.8) is 0 Å². The van der Waals surface area contributed by atoms with Crippen LogP contribution in [0.4, 0.5) is 5.13 Å². The molecule has 0 aliphatic heterocycles. The molecule has 0 radical (unpaired) electrons. The first-order valence-electron chi connectivity index (χ1n) is 9.01. The highest BCUT2D eigenvalue weighted by Gasteiger charge is 2.22. The van der Waals surface area contributed by atoms with Gasteiger partial charge in [0.15, 0.2) is 4.34 Å². The van der Waals surface area contributed by atoms with E-state index < -0.39 is 10.0 Å². The normalized spacial score (nSPS) is 11.6. The molecule has 0 aliphatic rings. The van der Waals surface area contributed by atoms with Crippen LogP contribution in [-0.2, 0) is 15.8 Å². The van der Waals surface area contributed by atoms with Crippen LogP contribution in [0.15, 0.2) is 51.7 Å². The first-order chi connectivity index (χ1) is 13.8. The monoisotopic (exact) mass is 449 g/mol. The summed E-state index contributed by atoms with van der Waals surface area (Å²) >= 11 is 2.75. The van der Waals surface area contributed by atoms with Crippen LogP contribution in [0, 0.1) is 6.92 Å². The number of nitrogens with zero attached hydrogens (tertiary/aromatic N) is 2. The summed E-state index contributed by atoms with van der Waals surface area (Å²) in [5, 5.41) is 8.33. The van der Waals surface area contributed by atoms with Gasteiger partial charge in [-0.05, 0) is 41.7 Å². The lowest BCUT2D eigenvalue weighted by molar-refractivity contribution is 0.406. The largest absolute Gasteiger partial charge is 0.496 e. The van der Waals surface area contributed by atoms with E-state index in [1.165, 1.54) is 28.7 Å². The second-order valence-electron chi connectivity index (χ2n) is 6.77. The molecule has 6 nitrogen and oxygen atoms in total. The van der Waals surface area contributed by atoms with E-state index in [4.69, 9.17) is 4.74 Å². The van der Waals surface area contributed by atoms with Crippen LogP contribution >= 0.6 is 23.1 Å². The van der Waals surface area contributed by atoms with Crippen LogP contribution in [0.3, 0.4) is 0 Å². The Morgan fingerprint density at radius 2 is 1.90 bits per heavy atom. The van der Waals surface area contributed by atoms with Crippen molar-refractivity contribution in [2.45, 2.75) is 41.7 Å². The third-order valence-corrected chi connectivity index (χ3v) is 7.93. The molecule has 0 saturated carbocycles. The van der Waals surface area contributed by atoms with Crippen LogP contribution in [-0.4, -0.2) is 25.7 Å². The zero-order valence-electron chi connectivity index (χ0n) is 16.7. The van der Waals surface area contributed by atoms with E-state index in [0.29, 0.717) is 15.7 Å². The first-order valence-corrected chi connectivity index (χ1v) is 12.3. The summed E-state index contributed by atoms with van der Waals surface area (Å²) < 4.78 is 34.6. The second-order valence-corrected chi connectivity index (χ2v) is 10.6. The number of hydrogen-bond donors (Lipinski definition) is 1. The molecule has 154 valence electrons. The Morgan fingerprint density at radius 3 is 2.55 bits per heavy atom. The van der Waals surface area contributed by atoms with Crippen molar-refractivity contribution in [1.29, 1.82) is 0 Å². The molecule has 1 N–H and O–H groups in total. The predicted molar refractivity (Wildman–Crippen MR) is 119 cm³/mol. The quantitative estimate of drug-likeness (QED) is 0.484. The number of thioether (sulfide) groups is 1. The van der Waals surface area contributed by atoms with Gasteiger partial charge in [-0.3, -0.25) is 4.72 Å². The Hall–Kier alpha value is -2.10. The molecule has 0 fully saturated rings. The van der Waals surface area contributed by atoms with E-state index in [1.807, 2.05) is 44.2 Å². The maximum atomic E-state index is 13.0. The standard InChI is InChI=1S/C20H23N3O3S3/c1-13(2)16-11-18(14(3)10-17(16)26-4)29(24,25)23-19-21-22-20(28-19)27-12-15-8-6-5-7-9-15/h5-11,13H,12H2,1-4H3,(H,21,23). The van der Waals surface area contributed by atoms with E-state index in [9.17, 15) is 8.42 Å². The maximum Gasteiger partial charge on any atom is 0.263 e. The minimum atomic E-state index is -3.79. The molecular formula is C20H23N3O3S3. The summed E-state index contributed by atoms with van der Waals surface area (Å²) in [7, 11) is -2.20. The molecule has 3 aromatic rings. The Morgan fingerprint density at radius 1 is 1.17 bits per heavy atom. The van der Waals surface area contributed by atoms with Crippen molar-refractivity contribution in [2.75, 3.05) is 11.8 Å². The SMILES string of the molecule is COc1cc(C)c(S(=O)(=O)Nc2nnc(SCc3ccccc3)s2)cc1C(C)C. The number of benzene rings is 2. The van der Waals surface area contributed by atoms with E-state index in [1.54, 1.807) is 26.2 Å². The molecule has 0 unspecified atom stereocenters. The van der Waals surface area contributed by atoms with Crippen LogP contribution in [0.1, 0.15) is 36.5 Å². The second kappa shape index (κ2) is 9.15. The lowest BCUT2D eigenvalue weighted by Gasteiger charge is -2.16. The molecule has 2 aromatic carbocycles. The summed E-state index contributed by atoms with van der Waals surface area (Å²) in [5.41, 5.74) is 2.63. The lowest BCUT2D eigenvalue weighted by atomic mass is 10.0. The van der Waals surface area contributed by atoms with Crippen LogP contribution in [0.5, 0.6) is 5.75 Å². The molecule has 0 amide bonds. The molecule has 0 aliphatic carbocycles. The third-order valence-electron chi connectivity index (χ3n) is 4.27. The molecule has 1 heterocycles. The van der Waals surface area contributed by atoms with Crippen molar-refractivity contribution >= 4 is 38.3 Å². The number of nitrogens with one attached hydrogen (secondary N) is 1. The number of methoxy groups -OCH3 is 1. The van der Waals surface area contributed by atoms with Gasteiger partial charge in [0.25, 0.3) is 10.0 Å². The number of sulfonamides is 1.